The highest BCUT2D eigenvalue weighted by Gasteiger charge is 2.30. The monoisotopic (exact) mass is 301 g/mol. The lowest BCUT2D eigenvalue weighted by molar-refractivity contribution is 0.165. The summed E-state index contributed by atoms with van der Waals surface area (Å²) in [6.45, 7) is 4.25. The summed E-state index contributed by atoms with van der Waals surface area (Å²) in [6, 6.07) is 0.171. The molecule has 6 nitrogen and oxygen atoms in total. The lowest BCUT2D eigenvalue weighted by atomic mass is 9.98. The summed E-state index contributed by atoms with van der Waals surface area (Å²) in [5, 5.41) is 4.13. The van der Waals surface area contributed by atoms with E-state index in [1.54, 1.807) is 0 Å². The van der Waals surface area contributed by atoms with E-state index in [0.29, 0.717) is 11.8 Å². The van der Waals surface area contributed by atoms with E-state index < -0.39 is 0 Å². The SMILES string of the molecule is C[C@H](c1nc(C2CC2)no1)N(C)C[C@@H]1CCc2nccn2C1. The number of nitrogens with zero attached hydrogens (tertiary/aromatic N) is 5. The normalized spacial score (nSPS) is 22.8. The molecule has 0 amide bonds. The molecule has 1 aliphatic heterocycles. The molecule has 0 unspecified atom stereocenters. The number of fused-ring (bicyclic) bond motifs is 1. The van der Waals surface area contributed by atoms with E-state index in [9.17, 15) is 0 Å². The van der Waals surface area contributed by atoms with Gasteiger partial charge in [-0.2, -0.15) is 4.98 Å². The predicted octanol–water partition coefficient (Wildman–Crippen LogP) is 2.40. The van der Waals surface area contributed by atoms with E-state index in [2.05, 4.69) is 44.8 Å². The van der Waals surface area contributed by atoms with Crippen molar-refractivity contribution >= 4 is 0 Å². The van der Waals surface area contributed by atoms with Gasteiger partial charge in [0.2, 0.25) is 5.89 Å². The van der Waals surface area contributed by atoms with Crippen LogP contribution in [0.5, 0.6) is 0 Å². The maximum absolute atomic E-state index is 5.46. The first-order chi connectivity index (χ1) is 10.7. The fourth-order valence-electron chi connectivity index (χ4n) is 3.26. The Morgan fingerprint density at radius 3 is 3.09 bits per heavy atom. The summed E-state index contributed by atoms with van der Waals surface area (Å²) >= 11 is 0. The number of aromatic nitrogens is 4. The van der Waals surface area contributed by atoms with Crippen LogP contribution < -0.4 is 0 Å². The van der Waals surface area contributed by atoms with Crippen LogP contribution in [0.15, 0.2) is 16.9 Å². The Kier molecular flexibility index (Phi) is 3.48. The van der Waals surface area contributed by atoms with E-state index in [-0.39, 0.29) is 6.04 Å². The molecule has 1 aliphatic carbocycles. The van der Waals surface area contributed by atoms with Gasteiger partial charge in [-0.05, 0) is 39.2 Å². The number of hydrogen-bond donors (Lipinski definition) is 0. The van der Waals surface area contributed by atoms with Crippen molar-refractivity contribution in [2.45, 2.75) is 51.1 Å². The van der Waals surface area contributed by atoms with Crippen molar-refractivity contribution < 1.29 is 4.52 Å². The summed E-state index contributed by atoms with van der Waals surface area (Å²) < 4.78 is 7.75. The second kappa shape index (κ2) is 5.50. The molecule has 0 saturated heterocycles. The first-order valence-corrected chi connectivity index (χ1v) is 8.24. The van der Waals surface area contributed by atoms with Gasteiger partial charge >= 0.3 is 0 Å². The third kappa shape index (κ3) is 2.67. The van der Waals surface area contributed by atoms with Crippen LogP contribution in [0.25, 0.3) is 0 Å². The number of rotatable bonds is 5. The largest absolute Gasteiger partial charge is 0.338 e. The van der Waals surface area contributed by atoms with E-state index in [1.807, 2.05) is 6.20 Å². The molecule has 0 radical (unpaired) electrons. The van der Waals surface area contributed by atoms with Gasteiger partial charge in [0.15, 0.2) is 5.82 Å². The maximum atomic E-state index is 5.46. The van der Waals surface area contributed by atoms with Crippen LogP contribution in [0, 0.1) is 5.92 Å². The standard InChI is InChI=1S/C16H23N5O/c1-11(16-18-15(19-22-16)13-4-5-13)20(2)9-12-3-6-14-17-7-8-21(14)10-12/h7-8,11-13H,3-6,9-10H2,1-2H3/t11-,12+/m1/s1. The Balaban J connectivity index is 1.37. The van der Waals surface area contributed by atoms with Gasteiger partial charge in [-0.3, -0.25) is 4.90 Å². The molecule has 0 N–H and O–H groups in total. The molecule has 2 aromatic rings. The summed E-state index contributed by atoms with van der Waals surface area (Å²) in [5.41, 5.74) is 0. The highest BCUT2D eigenvalue weighted by Crippen LogP contribution is 2.38. The van der Waals surface area contributed by atoms with Crippen molar-refractivity contribution in [3.63, 3.8) is 0 Å². The van der Waals surface area contributed by atoms with Gasteiger partial charge in [-0.15, -0.1) is 0 Å². The zero-order valence-corrected chi connectivity index (χ0v) is 13.3. The fourth-order valence-corrected chi connectivity index (χ4v) is 3.26. The smallest absolute Gasteiger partial charge is 0.243 e. The van der Waals surface area contributed by atoms with Gasteiger partial charge in [0, 0.05) is 37.8 Å². The van der Waals surface area contributed by atoms with Crippen LogP contribution >= 0.6 is 0 Å². The second-order valence-electron chi connectivity index (χ2n) is 6.78. The van der Waals surface area contributed by atoms with Crippen LogP contribution in [-0.2, 0) is 13.0 Å². The fraction of sp³-hybridized carbons (Fsp3) is 0.688. The molecule has 0 bridgehead atoms. The van der Waals surface area contributed by atoms with E-state index in [0.717, 1.165) is 31.2 Å². The zero-order chi connectivity index (χ0) is 15.1. The Morgan fingerprint density at radius 1 is 1.41 bits per heavy atom. The number of aryl methyl sites for hydroxylation is 1. The van der Waals surface area contributed by atoms with E-state index in [4.69, 9.17) is 4.52 Å². The first-order valence-electron chi connectivity index (χ1n) is 8.24. The Morgan fingerprint density at radius 2 is 2.27 bits per heavy atom. The molecule has 4 rings (SSSR count). The minimum atomic E-state index is 0.171. The topological polar surface area (TPSA) is 60.0 Å². The minimum absolute atomic E-state index is 0.171. The van der Waals surface area contributed by atoms with Crippen molar-refractivity contribution in [1.29, 1.82) is 0 Å². The van der Waals surface area contributed by atoms with Crippen LogP contribution in [0.4, 0.5) is 0 Å². The van der Waals surface area contributed by atoms with Crippen LogP contribution in [0.1, 0.15) is 55.7 Å². The van der Waals surface area contributed by atoms with E-state index >= 15 is 0 Å². The molecule has 22 heavy (non-hydrogen) atoms. The quantitative estimate of drug-likeness (QED) is 0.848. The Hall–Kier alpha value is -1.69. The second-order valence-corrected chi connectivity index (χ2v) is 6.78. The van der Waals surface area contributed by atoms with Crippen LogP contribution in [0.2, 0.25) is 0 Å². The average molecular weight is 301 g/mol. The highest BCUT2D eigenvalue weighted by atomic mass is 16.5. The number of imidazole rings is 1. The number of hydrogen-bond acceptors (Lipinski definition) is 5. The van der Waals surface area contributed by atoms with Crippen molar-refractivity contribution in [2.24, 2.45) is 5.92 Å². The third-order valence-electron chi connectivity index (χ3n) is 5.00. The molecule has 1 saturated carbocycles. The zero-order valence-electron chi connectivity index (χ0n) is 13.3. The van der Waals surface area contributed by atoms with Crippen LogP contribution in [0.3, 0.4) is 0 Å². The minimum Gasteiger partial charge on any atom is -0.338 e. The van der Waals surface area contributed by atoms with Gasteiger partial charge in [-0.1, -0.05) is 5.16 Å². The molecule has 3 heterocycles. The maximum Gasteiger partial charge on any atom is 0.243 e. The van der Waals surface area contributed by atoms with Gasteiger partial charge in [0.1, 0.15) is 5.82 Å². The van der Waals surface area contributed by atoms with E-state index in [1.165, 1.54) is 25.1 Å². The van der Waals surface area contributed by atoms with Crippen molar-refractivity contribution in [1.82, 2.24) is 24.6 Å². The molecule has 0 aromatic carbocycles. The van der Waals surface area contributed by atoms with Gasteiger partial charge in [0.05, 0.1) is 6.04 Å². The molecule has 2 aromatic heterocycles. The van der Waals surface area contributed by atoms with Crippen molar-refractivity contribution in [3.8, 4) is 0 Å². The average Bonchev–Trinajstić information content (AvgIpc) is 3.08. The van der Waals surface area contributed by atoms with Crippen molar-refractivity contribution in [3.05, 3.63) is 29.9 Å². The first kappa shape index (κ1) is 13.9. The molecule has 0 spiro atoms. The lowest BCUT2D eigenvalue weighted by Crippen LogP contribution is -2.33. The molecular formula is C16H23N5O. The molecule has 2 aliphatic rings. The predicted molar refractivity (Wildman–Crippen MR) is 81.4 cm³/mol. The summed E-state index contributed by atoms with van der Waals surface area (Å²) in [7, 11) is 2.15. The molecule has 6 heteroatoms. The lowest BCUT2D eigenvalue weighted by Gasteiger charge is -2.30. The Bertz CT molecular complexity index is 645. The van der Waals surface area contributed by atoms with Crippen molar-refractivity contribution in [2.75, 3.05) is 13.6 Å². The third-order valence-corrected chi connectivity index (χ3v) is 5.00. The summed E-state index contributed by atoms with van der Waals surface area (Å²) in [5.74, 6) is 4.07. The highest BCUT2D eigenvalue weighted by molar-refractivity contribution is 5.04. The molecule has 1 fully saturated rings. The molecular weight excluding hydrogens is 278 g/mol. The van der Waals surface area contributed by atoms with Gasteiger partial charge < -0.3 is 9.09 Å². The Labute approximate surface area is 130 Å². The summed E-state index contributed by atoms with van der Waals surface area (Å²) in [4.78, 5) is 11.3. The molecule has 2 atom stereocenters. The van der Waals surface area contributed by atoms with Crippen LogP contribution in [-0.4, -0.2) is 38.2 Å². The summed E-state index contributed by atoms with van der Waals surface area (Å²) in [6.07, 6.45) is 8.68. The molecule has 118 valence electrons. The van der Waals surface area contributed by atoms with Gasteiger partial charge in [-0.25, -0.2) is 4.98 Å². The van der Waals surface area contributed by atoms with Gasteiger partial charge in [0.25, 0.3) is 0 Å².